The molecule has 0 radical (unpaired) electrons. The van der Waals surface area contributed by atoms with E-state index in [9.17, 15) is 8.42 Å². The standard InChI is InChI=1S/C19H24N2O3S/c1-3-7-21-11-13(12-24-25(2,22)23)8-16-15-5-4-6-17-19(15)14(10-20-17)9-18(16)21/h3-6,10,13,16,18,20H,1,7-9,11-12H2,2H3/t13?,16-,18-/m0/s1. The molecule has 1 aliphatic carbocycles. The second-order valence-electron chi connectivity index (χ2n) is 7.29. The molecule has 1 aromatic carbocycles. The molecule has 2 aliphatic rings. The zero-order valence-electron chi connectivity index (χ0n) is 14.4. The van der Waals surface area contributed by atoms with Crippen molar-refractivity contribution in [3.05, 3.63) is 48.2 Å². The Morgan fingerprint density at radius 1 is 1.44 bits per heavy atom. The van der Waals surface area contributed by atoms with Crippen LogP contribution in [0.4, 0.5) is 0 Å². The molecule has 134 valence electrons. The summed E-state index contributed by atoms with van der Waals surface area (Å²) in [7, 11) is -3.41. The van der Waals surface area contributed by atoms with E-state index < -0.39 is 10.1 Å². The number of likely N-dealkylation sites (tertiary alicyclic amines) is 1. The minimum Gasteiger partial charge on any atom is -0.361 e. The number of aromatic nitrogens is 1. The van der Waals surface area contributed by atoms with Gasteiger partial charge >= 0.3 is 0 Å². The lowest BCUT2D eigenvalue weighted by molar-refractivity contribution is 0.0736. The molecule has 4 rings (SSSR count). The van der Waals surface area contributed by atoms with Crippen molar-refractivity contribution in [2.24, 2.45) is 5.92 Å². The van der Waals surface area contributed by atoms with E-state index in [4.69, 9.17) is 4.18 Å². The van der Waals surface area contributed by atoms with Crippen LogP contribution in [0.5, 0.6) is 0 Å². The molecule has 1 saturated heterocycles. The lowest BCUT2D eigenvalue weighted by Crippen LogP contribution is -2.50. The summed E-state index contributed by atoms with van der Waals surface area (Å²) in [5, 5.41) is 1.35. The van der Waals surface area contributed by atoms with Gasteiger partial charge in [-0.05, 0) is 36.0 Å². The minimum absolute atomic E-state index is 0.201. The van der Waals surface area contributed by atoms with Gasteiger partial charge < -0.3 is 4.98 Å². The number of aromatic amines is 1. The van der Waals surface area contributed by atoms with Crippen molar-refractivity contribution in [3.8, 4) is 0 Å². The number of hydrogen-bond acceptors (Lipinski definition) is 4. The molecule has 6 heteroatoms. The number of rotatable bonds is 5. The third kappa shape index (κ3) is 3.14. The van der Waals surface area contributed by atoms with Crippen LogP contribution in [0.2, 0.25) is 0 Å². The zero-order chi connectivity index (χ0) is 17.6. The third-order valence-corrected chi connectivity index (χ3v) is 6.11. The average Bonchev–Trinajstić information content (AvgIpc) is 2.98. The third-order valence-electron chi connectivity index (χ3n) is 5.54. The highest BCUT2D eigenvalue weighted by atomic mass is 32.2. The Bertz CT molecular complexity index is 903. The maximum Gasteiger partial charge on any atom is 0.264 e. The van der Waals surface area contributed by atoms with Gasteiger partial charge in [0.2, 0.25) is 0 Å². The zero-order valence-corrected chi connectivity index (χ0v) is 15.3. The van der Waals surface area contributed by atoms with Gasteiger partial charge in [0.15, 0.2) is 0 Å². The molecule has 1 N–H and O–H groups in total. The minimum atomic E-state index is -3.41. The monoisotopic (exact) mass is 360 g/mol. The molecule has 1 aromatic heterocycles. The maximum absolute atomic E-state index is 11.4. The van der Waals surface area contributed by atoms with Crippen molar-refractivity contribution in [1.29, 1.82) is 0 Å². The number of fused-ring (bicyclic) bond motifs is 2. The van der Waals surface area contributed by atoms with Gasteiger partial charge in [-0.2, -0.15) is 8.42 Å². The predicted octanol–water partition coefficient (Wildman–Crippen LogP) is 2.66. The van der Waals surface area contributed by atoms with Crippen LogP contribution >= 0.6 is 0 Å². The normalized spacial score (nSPS) is 26.5. The van der Waals surface area contributed by atoms with Gasteiger partial charge in [0, 0.05) is 42.1 Å². The van der Waals surface area contributed by atoms with Crippen LogP contribution in [0.3, 0.4) is 0 Å². The summed E-state index contributed by atoms with van der Waals surface area (Å²) in [4.78, 5) is 5.83. The maximum atomic E-state index is 11.4. The molecule has 1 unspecified atom stereocenters. The highest BCUT2D eigenvalue weighted by Crippen LogP contribution is 2.44. The lowest BCUT2D eigenvalue weighted by atomic mass is 9.72. The highest BCUT2D eigenvalue weighted by molar-refractivity contribution is 7.85. The summed E-state index contributed by atoms with van der Waals surface area (Å²) in [6.45, 7) is 5.81. The fourth-order valence-electron chi connectivity index (χ4n) is 4.62. The van der Waals surface area contributed by atoms with Crippen molar-refractivity contribution in [2.45, 2.75) is 24.8 Å². The molecular formula is C19H24N2O3S. The van der Waals surface area contributed by atoms with Crippen LogP contribution in [-0.2, 0) is 20.7 Å². The van der Waals surface area contributed by atoms with Gasteiger partial charge in [-0.1, -0.05) is 18.2 Å². The molecule has 3 atom stereocenters. The van der Waals surface area contributed by atoms with Crippen LogP contribution in [0, 0.1) is 5.92 Å². The number of piperidine rings is 1. The van der Waals surface area contributed by atoms with Crippen LogP contribution in [0.25, 0.3) is 10.9 Å². The van der Waals surface area contributed by atoms with E-state index in [0.717, 1.165) is 32.2 Å². The van der Waals surface area contributed by atoms with Crippen molar-refractivity contribution < 1.29 is 12.6 Å². The first-order valence-corrected chi connectivity index (χ1v) is 10.6. The van der Waals surface area contributed by atoms with Crippen molar-refractivity contribution in [1.82, 2.24) is 9.88 Å². The van der Waals surface area contributed by atoms with E-state index in [-0.39, 0.29) is 12.5 Å². The first kappa shape index (κ1) is 16.8. The first-order valence-electron chi connectivity index (χ1n) is 8.74. The second kappa shape index (κ2) is 6.27. The molecule has 0 amide bonds. The summed E-state index contributed by atoms with van der Waals surface area (Å²) < 4.78 is 27.9. The van der Waals surface area contributed by atoms with Crippen LogP contribution in [-0.4, -0.2) is 50.3 Å². The Kier molecular flexibility index (Phi) is 4.22. The molecular weight excluding hydrogens is 336 g/mol. The quantitative estimate of drug-likeness (QED) is 0.658. The van der Waals surface area contributed by atoms with E-state index in [1.807, 2.05) is 6.08 Å². The van der Waals surface area contributed by atoms with Gasteiger partial charge in [0.1, 0.15) is 0 Å². The van der Waals surface area contributed by atoms with E-state index in [1.165, 1.54) is 22.0 Å². The summed E-state index contributed by atoms with van der Waals surface area (Å²) >= 11 is 0. The van der Waals surface area contributed by atoms with Crippen LogP contribution < -0.4 is 0 Å². The summed E-state index contributed by atoms with van der Waals surface area (Å²) in [5.74, 6) is 0.598. The smallest absolute Gasteiger partial charge is 0.264 e. The second-order valence-corrected chi connectivity index (χ2v) is 8.94. The van der Waals surface area contributed by atoms with Gasteiger partial charge in [0.05, 0.1) is 12.9 Å². The first-order chi connectivity index (χ1) is 12.0. The summed E-state index contributed by atoms with van der Waals surface area (Å²) in [5.41, 5.74) is 3.95. The Morgan fingerprint density at radius 3 is 3.04 bits per heavy atom. The SMILES string of the molecule is C=CCN1CC(COS(C)(=O)=O)C[C@H]2c3cccc4[nH]cc(c34)C[C@@H]21. The summed E-state index contributed by atoms with van der Waals surface area (Å²) in [6.07, 6.45) is 7.17. The number of H-pyrrole nitrogens is 1. The highest BCUT2D eigenvalue weighted by Gasteiger charge is 2.40. The summed E-state index contributed by atoms with van der Waals surface area (Å²) in [6, 6.07) is 6.88. The van der Waals surface area contributed by atoms with E-state index in [1.54, 1.807) is 0 Å². The number of hydrogen-bond donors (Lipinski definition) is 1. The fourth-order valence-corrected chi connectivity index (χ4v) is 5.05. The molecule has 0 spiro atoms. The molecule has 5 nitrogen and oxygen atoms in total. The number of benzene rings is 1. The molecule has 25 heavy (non-hydrogen) atoms. The Hall–Kier alpha value is -1.63. The van der Waals surface area contributed by atoms with Crippen LogP contribution in [0.1, 0.15) is 23.5 Å². The average molecular weight is 360 g/mol. The number of nitrogens with one attached hydrogen (secondary N) is 1. The van der Waals surface area contributed by atoms with Gasteiger partial charge in [-0.15, -0.1) is 6.58 Å². The van der Waals surface area contributed by atoms with Crippen molar-refractivity contribution in [2.75, 3.05) is 26.0 Å². The lowest BCUT2D eigenvalue weighted by Gasteiger charge is -2.46. The predicted molar refractivity (Wildman–Crippen MR) is 99.2 cm³/mol. The molecule has 0 bridgehead atoms. The van der Waals surface area contributed by atoms with E-state index in [2.05, 4.69) is 40.9 Å². The molecule has 2 aromatic rings. The molecule has 2 heterocycles. The van der Waals surface area contributed by atoms with Gasteiger partial charge in [0.25, 0.3) is 10.1 Å². The van der Waals surface area contributed by atoms with E-state index in [0.29, 0.717) is 12.0 Å². The molecule has 1 fully saturated rings. The van der Waals surface area contributed by atoms with Gasteiger partial charge in [-0.25, -0.2) is 0 Å². The van der Waals surface area contributed by atoms with Gasteiger partial charge in [-0.3, -0.25) is 9.08 Å². The Balaban J connectivity index is 1.68. The largest absolute Gasteiger partial charge is 0.361 e. The van der Waals surface area contributed by atoms with Crippen molar-refractivity contribution in [3.63, 3.8) is 0 Å². The Morgan fingerprint density at radius 2 is 2.28 bits per heavy atom. The Labute approximate surface area is 148 Å². The van der Waals surface area contributed by atoms with Crippen molar-refractivity contribution >= 4 is 21.0 Å². The van der Waals surface area contributed by atoms with Crippen LogP contribution in [0.15, 0.2) is 37.1 Å². The topological polar surface area (TPSA) is 62.4 Å². The molecule has 0 saturated carbocycles. The van der Waals surface area contributed by atoms with E-state index >= 15 is 0 Å². The fraction of sp³-hybridized carbons (Fsp3) is 0.474. The molecule has 1 aliphatic heterocycles. The number of nitrogens with zero attached hydrogens (tertiary/aromatic N) is 1.